The van der Waals surface area contributed by atoms with Gasteiger partial charge in [0.1, 0.15) is 53.4 Å². The molecule has 13 heteroatoms. The van der Waals surface area contributed by atoms with E-state index in [2.05, 4.69) is 6.92 Å². The van der Waals surface area contributed by atoms with Crippen molar-refractivity contribution in [1.82, 2.24) is 0 Å². The van der Waals surface area contributed by atoms with Crippen molar-refractivity contribution in [2.24, 2.45) is 41.4 Å². The van der Waals surface area contributed by atoms with Gasteiger partial charge in [0.15, 0.2) is 0 Å². The highest BCUT2D eigenvalue weighted by molar-refractivity contribution is 5.89. The van der Waals surface area contributed by atoms with E-state index in [-0.39, 0.29) is 30.6 Å². The molecule has 4 saturated carbocycles. The van der Waals surface area contributed by atoms with E-state index in [0.717, 1.165) is 0 Å². The Kier molecular flexibility index (Phi) is 8.90. The van der Waals surface area contributed by atoms with Crippen LogP contribution in [0.1, 0.15) is 69.3 Å². The molecule has 0 aromatic heterocycles. The summed E-state index contributed by atoms with van der Waals surface area (Å²) < 4.78 is 39.7. The first-order chi connectivity index (χ1) is 28.1. The van der Waals surface area contributed by atoms with Crippen molar-refractivity contribution in [1.29, 1.82) is 0 Å². The Labute approximate surface area is 342 Å². The Morgan fingerprint density at radius 1 is 0.881 bits per heavy atom. The molecule has 316 valence electrons. The number of rotatable bonds is 4. The monoisotopic (exact) mass is 814 g/mol. The van der Waals surface area contributed by atoms with Crippen LogP contribution in [-0.4, -0.2) is 109 Å². The summed E-state index contributed by atoms with van der Waals surface area (Å²) in [6, 6.07) is 17.7. The van der Waals surface area contributed by atoms with Crippen LogP contribution < -0.4 is 0 Å². The second-order valence-electron chi connectivity index (χ2n) is 19.0. The van der Waals surface area contributed by atoms with Crippen molar-refractivity contribution in [2.75, 3.05) is 6.61 Å². The van der Waals surface area contributed by atoms with Crippen LogP contribution in [-0.2, 0) is 39.2 Å². The molecule has 10 aliphatic rings. The number of aliphatic hydroxyl groups excluding tert-OH is 2. The summed E-state index contributed by atoms with van der Waals surface area (Å²) in [7, 11) is 0. The Hall–Kier alpha value is -3.50. The molecule has 59 heavy (non-hydrogen) atoms. The molecule has 2 aromatic rings. The molecule has 11 bridgehead atoms. The fraction of sp³-hybridized carbons (Fsp3) is 0.609. The number of hydrogen-bond acceptors (Lipinski definition) is 13. The van der Waals surface area contributed by atoms with E-state index in [1.165, 1.54) is 12.2 Å². The molecular formula is C46H54O13. The van der Waals surface area contributed by atoms with Gasteiger partial charge in [-0.25, -0.2) is 9.59 Å². The summed E-state index contributed by atoms with van der Waals surface area (Å²) in [5, 5.41) is 63.4. The van der Waals surface area contributed by atoms with Crippen molar-refractivity contribution in [3.63, 3.8) is 0 Å². The number of carbonyl (C=O) groups is 2. The molecule has 6 aliphatic heterocycles. The van der Waals surface area contributed by atoms with Crippen LogP contribution in [0, 0.1) is 41.4 Å². The van der Waals surface area contributed by atoms with Crippen LogP contribution in [0.5, 0.6) is 0 Å². The highest BCUT2D eigenvalue weighted by atomic mass is 16.9. The number of carbonyl (C=O) groups excluding carboxylic acids is 2. The lowest BCUT2D eigenvalue weighted by Gasteiger charge is -2.74. The van der Waals surface area contributed by atoms with Gasteiger partial charge >= 0.3 is 17.9 Å². The number of fused-ring (bicyclic) bond motifs is 6. The summed E-state index contributed by atoms with van der Waals surface area (Å²) in [5.41, 5.74) is -8.50. The molecule has 1 unspecified atom stereocenters. The molecule has 2 aromatic carbocycles. The van der Waals surface area contributed by atoms with Gasteiger partial charge in [-0.1, -0.05) is 81.5 Å². The van der Waals surface area contributed by atoms with Gasteiger partial charge in [0.05, 0.1) is 23.4 Å². The fourth-order valence-electron chi connectivity index (χ4n) is 13.3. The van der Waals surface area contributed by atoms with Gasteiger partial charge in [-0.2, -0.15) is 0 Å². The largest absolute Gasteiger partial charge is 0.456 e. The normalized spacial score (nSPS) is 52.8. The molecule has 13 nitrogen and oxygen atoms in total. The lowest BCUT2D eigenvalue weighted by Crippen LogP contribution is -2.89. The lowest BCUT2D eigenvalue weighted by atomic mass is 9.49. The van der Waals surface area contributed by atoms with E-state index in [1.807, 2.05) is 38.1 Å². The molecular weight excluding hydrogens is 760 g/mol. The van der Waals surface area contributed by atoms with Crippen molar-refractivity contribution in [3.8, 4) is 0 Å². The van der Waals surface area contributed by atoms with Gasteiger partial charge in [0.2, 0.25) is 0 Å². The van der Waals surface area contributed by atoms with E-state index in [4.69, 9.17) is 28.4 Å². The van der Waals surface area contributed by atoms with Gasteiger partial charge in [0, 0.05) is 35.3 Å². The fourth-order valence-corrected chi connectivity index (χ4v) is 13.3. The maximum Gasteiger partial charge on any atom is 0.338 e. The van der Waals surface area contributed by atoms with Crippen molar-refractivity contribution in [2.45, 2.75) is 124 Å². The quantitative estimate of drug-likeness (QED) is 0.223. The topological polar surface area (TPSA) is 194 Å². The maximum atomic E-state index is 13.7. The summed E-state index contributed by atoms with van der Waals surface area (Å²) in [6.45, 7) is 6.66. The second-order valence-corrected chi connectivity index (χ2v) is 19.0. The predicted molar refractivity (Wildman–Crippen MR) is 207 cm³/mol. The summed E-state index contributed by atoms with van der Waals surface area (Å²) in [4.78, 5) is 27.2. The minimum atomic E-state index is -2.22. The number of aliphatic hydroxyl groups is 5. The Morgan fingerprint density at radius 2 is 1.58 bits per heavy atom. The summed E-state index contributed by atoms with van der Waals surface area (Å²) >= 11 is 0. The molecule has 0 radical (unpaired) electrons. The molecule has 4 aliphatic carbocycles. The molecule has 5 N–H and O–H groups in total. The van der Waals surface area contributed by atoms with Crippen LogP contribution in [0.2, 0.25) is 0 Å². The molecule has 8 fully saturated rings. The van der Waals surface area contributed by atoms with Gasteiger partial charge in [0.25, 0.3) is 0 Å². The third-order valence-electron chi connectivity index (χ3n) is 16.2. The summed E-state index contributed by atoms with van der Waals surface area (Å²) in [6.07, 6.45) is 0.608. The second kappa shape index (κ2) is 13.3. The van der Waals surface area contributed by atoms with Crippen molar-refractivity contribution in [3.05, 3.63) is 96.1 Å². The van der Waals surface area contributed by atoms with Gasteiger partial charge in [-0.05, 0) is 68.6 Å². The molecule has 0 amide bonds. The molecule has 1 spiro atoms. The predicted octanol–water partition coefficient (Wildman–Crippen LogP) is 3.31. The van der Waals surface area contributed by atoms with Crippen LogP contribution in [0.25, 0.3) is 0 Å². The van der Waals surface area contributed by atoms with E-state index in [1.54, 1.807) is 55.5 Å². The first-order valence-electron chi connectivity index (χ1n) is 21.2. The first kappa shape index (κ1) is 39.6. The SMILES string of the molecule is C[C@@H]1[C@@H]2CC[C@@H]1[C@@H](OC(=O)c1ccccc1)/C=C\C=C/C(=O)O[C@H]1[C@@H](C)C[C@@H]3[C@]1(O)[C@H](O)[C@@]1(CO)O[C@H]1[C@H]1[C@H]4OC5(c6ccccc6)O[C@H]([C@@H](C)[C@@]13O5)[C@@]4(O)[C@](C)(O)C2. The van der Waals surface area contributed by atoms with E-state index < -0.39 is 113 Å². The summed E-state index contributed by atoms with van der Waals surface area (Å²) in [5.74, 6) is -6.79. The zero-order valence-corrected chi connectivity index (χ0v) is 33.6. The highest BCUT2D eigenvalue weighted by Gasteiger charge is 2.91. The number of benzene rings is 2. The molecule has 6 heterocycles. The van der Waals surface area contributed by atoms with Crippen LogP contribution in [0.3, 0.4) is 0 Å². The van der Waals surface area contributed by atoms with Gasteiger partial charge in [-0.3, -0.25) is 0 Å². The highest BCUT2D eigenvalue weighted by Crippen LogP contribution is 2.75. The molecule has 19 atom stereocenters. The Morgan fingerprint density at radius 3 is 2.29 bits per heavy atom. The minimum absolute atomic E-state index is 0.102. The van der Waals surface area contributed by atoms with Crippen LogP contribution in [0.15, 0.2) is 85.0 Å². The first-order valence-corrected chi connectivity index (χ1v) is 21.2. The number of esters is 2. The zero-order chi connectivity index (χ0) is 41.5. The van der Waals surface area contributed by atoms with Crippen LogP contribution in [0.4, 0.5) is 0 Å². The number of epoxide rings is 1. The minimum Gasteiger partial charge on any atom is -0.456 e. The Balaban J connectivity index is 1.14. The van der Waals surface area contributed by atoms with E-state index >= 15 is 0 Å². The standard InChI is InChI=1S/C46H54O13/c1-24-21-32-43(52)35(24)55-33(48)18-12-11-17-31(54-39(49)27-13-7-5-8-14-27)30-20-19-28(25(30)2)22-41(4,51)45(53)36-26(3)44(32)34(37-42(23-47,56-37)40(43)50)38(45)58-46(57-36,59-44)29-15-9-6-10-16-29/h5-18,24-26,28,30-32,34-38,40,47,50-53H,19-23H2,1-4H3/b17-11-,18-12-/t24-,25+,26+,28+,30-,31-,32+,34-,35-,36+,37-,38+,40+,41+,42-,43+,44-,45-,46?/m0/s1. The lowest BCUT2D eigenvalue weighted by molar-refractivity contribution is -0.595. The van der Waals surface area contributed by atoms with Crippen molar-refractivity contribution >= 4 is 11.9 Å². The average molecular weight is 815 g/mol. The maximum absolute atomic E-state index is 13.7. The third kappa shape index (κ3) is 5.17. The zero-order valence-electron chi connectivity index (χ0n) is 33.6. The molecule has 12 rings (SSSR count). The van der Waals surface area contributed by atoms with Crippen LogP contribution >= 0.6 is 0 Å². The van der Waals surface area contributed by atoms with Gasteiger partial charge in [-0.15, -0.1) is 0 Å². The Bertz CT molecular complexity index is 2060. The number of hydrogen-bond donors (Lipinski definition) is 5. The van der Waals surface area contributed by atoms with E-state index in [9.17, 15) is 35.1 Å². The average Bonchev–Trinajstić information content (AvgIpc) is 3.79. The van der Waals surface area contributed by atoms with E-state index in [0.29, 0.717) is 24.0 Å². The van der Waals surface area contributed by atoms with Gasteiger partial charge < -0.3 is 54.0 Å². The third-order valence-corrected chi connectivity index (χ3v) is 16.2. The smallest absolute Gasteiger partial charge is 0.338 e. The molecule has 4 saturated heterocycles. The number of ether oxygens (including phenoxy) is 6. The van der Waals surface area contributed by atoms with Crippen molar-refractivity contribution < 1.29 is 63.5 Å². The number of allylic oxidation sites excluding steroid dienone is 2.